The molecule has 3 aromatic rings. The molecule has 0 unspecified atom stereocenters. The molecule has 4 aliphatic rings. The Hall–Kier alpha value is -4.40. The fourth-order valence-corrected chi connectivity index (χ4v) is 6.45. The van der Waals surface area contributed by atoms with Gasteiger partial charge in [0.2, 0.25) is 0 Å². The number of ketones is 1. The minimum Gasteiger partial charge on any atom is -0.506 e. The van der Waals surface area contributed by atoms with Gasteiger partial charge in [-0.3, -0.25) is 4.79 Å². The number of rotatable bonds is 4. The molecule has 0 radical (unpaired) electrons. The lowest BCUT2D eigenvalue weighted by Crippen LogP contribution is -2.36. The summed E-state index contributed by atoms with van der Waals surface area (Å²) in [5, 5.41) is 12.4. The highest BCUT2D eigenvalue weighted by Crippen LogP contribution is 2.44. The molecule has 0 spiro atoms. The van der Waals surface area contributed by atoms with E-state index in [0.717, 1.165) is 82.5 Å². The first-order chi connectivity index (χ1) is 22.9. The van der Waals surface area contributed by atoms with E-state index >= 15 is 0 Å². The molecule has 1 aliphatic carbocycles. The largest absolute Gasteiger partial charge is 0.506 e. The summed E-state index contributed by atoms with van der Waals surface area (Å²) in [6.45, 7) is 18.7. The van der Waals surface area contributed by atoms with Gasteiger partial charge in [-0.2, -0.15) is 0 Å². The lowest BCUT2D eigenvalue weighted by molar-refractivity contribution is 0.122. The third-order valence-electron chi connectivity index (χ3n) is 9.41. The summed E-state index contributed by atoms with van der Waals surface area (Å²) in [7, 11) is 0. The molecule has 0 amide bonds. The zero-order chi connectivity index (χ0) is 33.8. The average Bonchev–Trinajstić information content (AvgIpc) is 3.08. The van der Waals surface area contributed by atoms with E-state index in [9.17, 15) is 9.90 Å². The molecule has 4 heterocycles. The number of nitrogens with zero attached hydrogens (tertiary/aromatic N) is 2. The zero-order valence-corrected chi connectivity index (χ0v) is 28.9. The smallest absolute Gasteiger partial charge is 0.361 e. The van der Waals surface area contributed by atoms with E-state index in [4.69, 9.17) is 18.6 Å². The van der Waals surface area contributed by atoms with Gasteiger partial charge in [0.15, 0.2) is 0 Å². The molecule has 0 bridgehead atoms. The van der Waals surface area contributed by atoms with Gasteiger partial charge in [-0.05, 0) is 74.9 Å². The number of aliphatic hydroxyl groups excluding tert-OH is 1. The summed E-state index contributed by atoms with van der Waals surface area (Å²) in [5.74, 6) is 2.50. The normalized spacial score (nSPS) is 20.6. The average molecular weight is 651 g/mol. The molecule has 2 N–H and O–H groups in total. The number of hydrogen-bond acceptors (Lipinski definition) is 6. The van der Waals surface area contributed by atoms with Crippen LogP contribution in [-0.2, 0) is 14.9 Å². The lowest BCUT2D eigenvalue weighted by Gasteiger charge is -2.32. The summed E-state index contributed by atoms with van der Waals surface area (Å²) in [6, 6.07) is 14.5. The molecule has 0 atom stereocenters. The summed E-state index contributed by atoms with van der Waals surface area (Å²) in [4.78, 5) is 16.1. The topological polar surface area (TPSA) is 87.1 Å². The van der Waals surface area contributed by atoms with Gasteiger partial charge in [0.05, 0.1) is 37.2 Å². The molecule has 7 rings (SSSR count). The first-order valence-corrected chi connectivity index (χ1v) is 16.9. The number of benzene rings is 2. The molecule has 48 heavy (non-hydrogen) atoms. The molecular formula is C40H46N2O6+2. The zero-order valence-electron chi connectivity index (χ0n) is 28.9. The highest BCUT2D eigenvalue weighted by molar-refractivity contribution is 6.25. The highest BCUT2D eigenvalue weighted by Gasteiger charge is 2.40. The second kappa shape index (κ2) is 12.2. The molecular weight excluding hydrogens is 604 g/mol. The van der Waals surface area contributed by atoms with Crippen LogP contribution in [0.15, 0.2) is 81.7 Å². The van der Waals surface area contributed by atoms with Crippen LogP contribution >= 0.6 is 0 Å². The molecule has 2 fully saturated rings. The number of anilines is 2. The van der Waals surface area contributed by atoms with Crippen molar-refractivity contribution in [3.63, 3.8) is 0 Å². The quantitative estimate of drug-likeness (QED) is 0.227. The second-order valence-electron chi connectivity index (χ2n) is 15.0. The predicted molar refractivity (Wildman–Crippen MR) is 193 cm³/mol. The molecule has 3 aliphatic heterocycles. The Labute approximate surface area is 282 Å². The Morgan fingerprint density at radius 1 is 0.792 bits per heavy atom. The first-order valence-electron chi connectivity index (χ1n) is 16.9. The van der Waals surface area contributed by atoms with Crippen molar-refractivity contribution in [3.8, 4) is 5.75 Å². The van der Waals surface area contributed by atoms with Crippen LogP contribution in [0, 0.1) is 5.41 Å². The van der Waals surface area contributed by atoms with Crippen LogP contribution in [0.1, 0.15) is 58.4 Å². The summed E-state index contributed by atoms with van der Waals surface area (Å²) in [6.07, 6.45) is 5.76. The van der Waals surface area contributed by atoms with Crippen LogP contribution in [0.2, 0.25) is 0 Å². The number of fused-ring (bicyclic) bond motifs is 2. The number of aliphatic hydroxyl groups is 1. The predicted octanol–water partition coefficient (Wildman–Crippen LogP) is 7.84. The van der Waals surface area contributed by atoms with Gasteiger partial charge in [0, 0.05) is 66.2 Å². The minimum absolute atomic E-state index is 0.0543. The van der Waals surface area contributed by atoms with Crippen molar-refractivity contribution < 1.29 is 28.5 Å². The van der Waals surface area contributed by atoms with Crippen LogP contribution in [-0.4, -0.2) is 68.3 Å². The molecule has 2 saturated heterocycles. The van der Waals surface area contributed by atoms with E-state index in [2.05, 4.69) is 75.6 Å². The van der Waals surface area contributed by atoms with Gasteiger partial charge >= 0.3 is 17.1 Å². The number of ether oxygens (including phenoxy) is 3. The minimum atomic E-state index is -0.239. The third kappa shape index (κ3) is 6.15. The SMILES string of the molecule is CC(C)(C)C1=CC(=CC2=C(O)C(=Cc3cc(C(C)(C)C)[o+]c4ccc(N5CCOCC5)cc34)C2=[OH+])c2cc(N3CCOCC3)ccc2O1. The van der Waals surface area contributed by atoms with E-state index in [1.165, 1.54) is 0 Å². The van der Waals surface area contributed by atoms with Crippen LogP contribution < -0.4 is 14.5 Å². The van der Waals surface area contributed by atoms with Gasteiger partial charge in [-0.25, -0.2) is 4.42 Å². The number of morpholine rings is 2. The fraction of sp³-hybridized carbons (Fsp3) is 0.400. The van der Waals surface area contributed by atoms with Crippen LogP contribution in [0.4, 0.5) is 11.4 Å². The molecule has 8 nitrogen and oxygen atoms in total. The van der Waals surface area contributed by atoms with E-state index in [1.54, 1.807) is 0 Å². The number of hydrogen-bond donors (Lipinski definition) is 1. The van der Waals surface area contributed by atoms with E-state index in [0.29, 0.717) is 37.6 Å². The molecule has 2 aromatic carbocycles. The summed E-state index contributed by atoms with van der Waals surface area (Å²) < 4.78 is 23.9. The maximum absolute atomic E-state index is 11.5. The molecule has 250 valence electrons. The maximum atomic E-state index is 11.5. The maximum Gasteiger partial charge on any atom is 0.361 e. The highest BCUT2D eigenvalue weighted by atomic mass is 16.5. The van der Waals surface area contributed by atoms with Crippen molar-refractivity contribution in [2.75, 3.05) is 62.4 Å². The van der Waals surface area contributed by atoms with Crippen LogP contribution in [0.5, 0.6) is 5.75 Å². The fourth-order valence-electron chi connectivity index (χ4n) is 6.45. The standard InChI is InChI=1S/C40H44N2O6/c1-39(2,3)35-21-25(29-23-27(7-9-33(29)47-35)41-11-15-45-16-12-41)19-31-37(43)32(38(31)44)20-26-22-36(40(4,5)6)48-34-10-8-28(24-30(26)34)42-13-17-46-18-14-42/h7-10,19-24H,11-18H2,1-6H3/p+2. The van der Waals surface area contributed by atoms with Gasteiger partial charge < -0.3 is 29.1 Å². The van der Waals surface area contributed by atoms with Crippen molar-refractivity contribution in [3.05, 3.63) is 94.2 Å². The van der Waals surface area contributed by atoms with Crippen molar-refractivity contribution in [2.24, 2.45) is 5.41 Å². The monoisotopic (exact) mass is 650 g/mol. The van der Waals surface area contributed by atoms with Crippen LogP contribution in [0.3, 0.4) is 0 Å². The van der Waals surface area contributed by atoms with Gasteiger partial charge in [-0.1, -0.05) is 20.8 Å². The first kappa shape index (κ1) is 32.2. The second-order valence-corrected chi connectivity index (χ2v) is 15.0. The molecule has 8 heteroatoms. The van der Waals surface area contributed by atoms with Crippen LogP contribution in [0.25, 0.3) is 22.6 Å². The lowest BCUT2D eigenvalue weighted by atomic mass is 9.83. The Bertz CT molecular complexity index is 1910. The molecule has 1 aromatic heterocycles. The van der Waals surface area contributed by atoms with Crippen molar-refractivity contribution in [2.45, 2.75) is 47.0 Å². The third-order valence-corrected chi connectivity index (χ3v) is 9.41. The Morgan fingerprint density at radius 2 is 1.42 bits per heavy atom. The Morgan fingerprint density at radius 3 is 2.02 bits per heavy atom. The Kier molecular flexibility index (Phi) is 8.20. The van der Waals surface area contributed by atoms with E-state index < -0.39 is 0 Å². The van der Waals surface area contributed by atoms with E-state index in [1.807, 2.05) is 36.4 Å². The van der Waals surface area contributed by atoms with Gasteiger partial charge in [0.1, 0.15) is 28.4 Å². The number of allylic oxidation sites excluding steroid dienone is 6. The number of carbonyl (C=O) groups excluding carboxylic acids is 1. The van der Waals surface area contributed by atoms with Gasteiger partial charge in [0.25, 0.3) is 0 Å². The summed E-state index contributed by atoms with van der Waals surface area (Å²) in [5.41, 5.74) is 5.92. The Balaban J connectivity index is 1.30. The molecule has 0 saturated carbocycles. The van der Waals surface area contributed by atoms with Crippen molar-refractivity contribution >= 4 is 39.8 Å². The van der Waals surface area contributed by atoms with Crippen molar-refractivity contribution in [1.29, 1.82) is 0 Å². The summed E-state index contributed by atoms with van der Waals surface area (Å²) >= 11 is 0. The van der Waals surface area contributed by atoms with Crippen molar-refractivity contribution in [1.82, 2.24) is 0 Å². The van der Waals surface area contributed by atoms with Gasteiger partial charge in [-0.15, -0.1) is 0 Å². The van der Waals surface area contributed by atoms with E-state index in [-0.39, 0.29) is 22.4 Å².